The zero-order valence-electron chi connectivity index (χ0n) is 11.4. The number of aryl methyl sites for hydroxylation is 1. The average Bonchev–Trinajstić information content (AvgIpc) is 3.02. The van der Waals surface area contributed by atoms with Gasteiger partial charge in [-0.1, -0.05) is 0 Å². The van der Waals surface area contributed by atoms with Crippen LogP contribution in [0.25, 0.3) is 5.69 Å². The van der Waals surface area contributed by atoms with Gasteiger partial charge in [0.05, 0.1) is 12.8 Å². The van der Waals surface area contributed by atoms with E-state index in [1.54, 1.807) is 0 Å². The summed E-state index contributed by atoms with van der Waals surface area (Å²) in [5.74, 6) is -0.139. The molecule has 2 aromatic heterocycles. The molecule has 0 bridgehead atoms. The van der Waals surface area contributed by atoms with Crippen molar-refractivity contribution in [1.82, 2.24) is 4.57 Å². The summed E-state index contributed by atoms with van der Waals surface area (Å²) in [6.45, 7) is 1.97. The molecule has 0 saturated heterocycles. The highest BCUT2D eigenvalue weighted by molar-refractivity contribution is 7.12. The largest absolute Gasteiger partial charge is 0.465 e. The Kier molecular flexibility index (Phi) is 3.22. The molecule has 3 rings (SSSR count). The normalized spacial score (nSPS) is 14.2. The number of esters is 1. The van der Waals surface area contributed by atoms with E-state index in [0.29, 0.717) is 11.3 Å². The van der Waals surface area contributed by atoms with Crippen LogP contribution >= 0.6 is 11.3 Å². The maximum Gasteiger partial charge on any atom is 0.350 e. The molecule has 0 unspecified atom stereocenters. The van der Waals surface area contributed by atoms with Crippen molar-refractivity contribution in [2.45, 2.75) is 26.2 Å². The van der Waals surface area contributed by atoms with E-state index in [4.69, 9.17) is 4.74 Å². The summed E-state index contributed by atoms with van der Waals surface area (Å²) < 4.78 is 6.82. The first-order chi connectivity index (χ1) is 9.63. The first-order valence-corrected chi connectivity index (χ1v) is 7.41. The van der Waals surface area contributed by atoms with Crippen LogP contribution < -0.4 is 0 Å². The van der Waals surface area contributed by atoms with Crippen LogP contribution in [0.5, 0.6) is 0 Å². The summed E-state index contributed by atoms with van der Waals surface area (Å²) >= 11 is 1.38. The number of hydrogen-bond donors (Lipinski definition) is 0. The molecular formula is C15H15NO3S. The van der Waals surface area contributed by atoms with Crippen molar-refractivity contribution in [3.8, 4) is 5.69 Å². The number of carbonyl (C=O) groups excluding carboxylic acids is 2. The molecule has 0 atom stereocenters. The minimum absolute atomic E-state index is 0.192. The van der Waals surface area contributed by atoms with Crippen LogP contribution in [0.4, 0.5) is 0 Å². The molecule has 1 aliphatic rings. The summed E-state index contributed by atoms with van der Waals surface area (Å²) in [6.07, 6.45) is 4.23. The molecule has 5 heteroatoms. The number of carbonyl (C=O) groups is 2. The highest BCUT2D eigenvalue weighted by Gasteiger charge is 2.25. The fraction of sp³-hybridized carbons (Fsp3) is 0.333. The summed E-state index contributed by atoms with van der Waals surface area (Å²) in [6, 6.07) is 1.86. The molecule has 0 aromatic carbocycles. The summed E-state index contributed by atoms with van der Waals surface area (Å²) in [5, 5.41) is 1.94. The van der Waals surface area contributed by atoms with Crippen molar-refractivity contribution < 1.29 is 14.3 Å². The number of Topliss-reactive ketones (excluding diaryl/α,β-unsaturated/α-hetero) is 1. The van der Waals surface area contributed by atoms with Crippen LogP contribution in [-0.4, -0.2) is 23.4 Å². The Morgan fingerprint density at radius 3 is 2.95 bits per heavy atom. The minimum Gasteiger partial charge on any atom is -0.465 e. The molecule has 4 nitrogen and oxygen atoms in total. The van der Waals surface area contributed by atoms with Gasteiger partial charge in [0.1, 0.15) is 4.88 Å². The molecule has 2 aromatic rings. The van der Waals surface area contributed by atoms with Crippen molar-refractivity contribution in [3.63, 3.8) is 0 Å². The second kappa shape index (κ2) is 4.90. The second-order valence-electron chi connectivity index (χ2n) is 4.91. The van der Waals surface area contributed by atoms with Gasteiger partial charge < -0.3 is 9.30 Å². The third-order valence-electron chi connectivity index (χ3n) is 3.66. The third-order valence-corrected chi connectivity index (χ3v) is 4.73. The quantitative estimate of drug-likeness (QED) is 0.798. The highest BCUT2D eigenvalue weighted by atomic mass is 32.1. The molecule has 0 aliphatic heterocycles. The van der Waals surface area contributed by atoms with Crippen LogP contribution in [0.3, 0.4) is 0 Å². The van der Waals surface area contributed by atoms with Gasteiger partial charge in [-0.25, -0.2) is 4.79 Å². The maximum atomic E-state index is 11.9. The summed E-state index contributed by atoms with van der Waals surface area (Å²) in [5.41, 5.74) is 3.66. The number of hydrogen-bond acceptors (Lipinski definition) is 4. The Bertz CT molecular complexity index is 696. The molecule has 1 aliphatic carbocycles. The topological polar surface area (TPSA) is 48.3 Å². The molecule has 20 heavy (non-hydrogen) atoms. The lowest BCUT2D eigenvalue weighted by atomic mass is 9.96. The van der Waals surface area contributed by atoms with E-state index in [2.05, 4.69) is 0 Å². The number of methoxy groups -OCH3 is 1. The third kappa shape index (κ3) is 1.89. The maximum absolute atomic E-state index is 11.9. The lowest BCUT2D eigenvalue weighted by Crippen LogP contribution is -2.14. The number of aromatic nitrogens is 1. The van der Waals surface area contributed by atoms with Gasteiger partial charge in [0, 0.05) is 23.9 Å². The number of rotatable bonds is 2. The Balaban J connectivity index is 2.17. The van der Waals surface area contributed by atoms with Crippen molar-refractivity contribution in [2.75, 3.05) is 7.11 Å². The van der Waals surface area contributed by atoms with E-state index >= 15 is 0 Å². The fourth-order valence-corrected chi connectivity index (χ4v) is 3.67. The molecule has 0 fully saturated rings. The van der Waals surface area contributed by atoms with Gasteiger partial charge in [-0.2, -0.15) is 0 Å². The number of ketones is 1. The molecule has 2 heterocycles. The predicted molar refractivity (Wildman–Crippen MR) is 77.0 cm³/mol. The van der Waals surface area contributed by atoms with E-state index < -0.39 is 0 Å². The van der Waals surface area contributed by atoms with E-state index in [1.165, 1.54) is 18.4 Å². The van der Waals surface area contributed by atoms with Crippen LogP contribution in [0.15, 0.2) is 17.6 Å². The van der Waals surface area contributed by atoms with E-state index in [-0.39, 0.29) is 11.8 Å². The predicted octanol–water partition coefficient (Wildman–Crippen LogP) is 3.15. The summed E-state index contributed by atoms with van der Waals surface area (Å²) in [4.78, 5) is 24.4. The van der Waals surface area contributed by atoms with Crippen LogP contribution in [0.2, 0.25) is 0 Å². The van der Waals surface area contributed by atoms with Crippen molar-refractivity contribution in [3.05, 3.63) is 39.3 Å². The molecule has 0 spiro atoms. The Hall–Kier alpha value is -1.88. The molecule has 0 radical (unpaired) electrons. The van der Waals surface area contributed by atoms with Gasteiger partial charge >= 0.3 is 5.97 Å². The average molecular weight is 289 g/mol. The van der Waals surface area contributed by atoms with Crippen molar-refractivity contribution in [1.29, 1.82) is 0 Å². The number of fused-ring (bicyclic) bond motifs is 1. The van der Waals surface area contributed by atoms with Gasteiger partial charge in [-0.15, -0.1) is 11.3 Å². The van der Waals surface area contributed by atoms with E-state index in [1.807, 2.05) is 29.1 Å². The number of ether oxygens (including phenoxy) is 1. The van der Waals surface area contributed by atoms with Gasteiger partial charge in [0.15, 0.2) is 5.78 Å². The van der Waals surface area contributed by atoms with Gasteiger partial charge in [0.25, 0.3) is 0 Å². The zero-order valence-corrected chi connectivity index (χ0v) is 12.3. The second-order valence-corrected chi connectivity index (χ2v) is 5.79. The van der Waals surface area contributed by atoms with E-state index in [9.17, 15) is 9.59 Å². The monoisotopic (exact) mass is 289 g/mol. The van der Waals surface area contributed by atoms with Gasteiger partial charge in [-0.05, 0) is 36.8 Å². The fourth-order valence-electron chi connectivity index (χ4n) is 2.71. The number of thiophene rings is 1. The van der Waals surface area contributed by atoms with Gasteiger partial charge in [-0.3, -0.25) is 4.79 Å². The first-order valence-electron chi connectivity index (χ1n) is 6.53. The lowest BCUT2D eigenvalue weighted by molar-refractivity contribution is 0.0606. The minimum atomic E-state index is -0.331. The SMILES string of the molecule is COC(=O)c1scc(C)c1-n1ccc2c1CCCC2=O. The molecular weight excluding hydrogens is 274 g/mol. The van der Waals surface area contributed by atoms with Crippen molar-refractivity contribution >= 4 is 23.1 Å². The standard InChI is InChI=1S/C15H15NO3S/c1-9-8-20-14(15(18)19-2)13(9)16-7-6-10-11(16)4-3-5-12(10)17/h6-8H,3-5H2,1-2H3. The van der Waals surface area contributed by atoms with Crippen LogP contribution in [0, 0.1) is 6.92 Å². The molecule has 0 amide bonds. The lowest BCUT2D eigenvalue weighted by Gasteiger charge is -2.16. The Labute approximate surface area is 121 Å². The zero-order chi connectivity index (χ0) is 14.3. The molecule has 0 N–H and O–H groups in total. The Morgan fingerprint density at radius 1 is 1.40 bits per heavy atom. The van der Waals surface area contributed by atoms with Gasteiger partial charge in [0.2, 0.25) is 0 Å². The van der Waals surface area contributed by atoms with Crippen LogP contribution in [-0.2, 0) is 11.2 Å². The molecule has 0 saturated carbocycles. The number of nitrogens with zero attached hydrogens (tertiary/aromatic N) is 1. The van der Waals surface area contributed by atoms with E-state index in [0.717, 1.165) is 35.3 Å². The Morgan fingerprint density at radius 2 is 2.20 bits per heavy atom. The summed E-state index contributed by atoms with van der Waals surface area (Å²) in [7, 11) is 1.38. The van der Waals surface area contributed by atoms with Crippen LogP contribution in [0.1, 0.15) is 44.1 Å². The first kappa shape index (κ1) is 13.1. The molecule has 104 valence electrons. The smallest absolute Gasteiger partial charge is 0.350 e. The highest BCUT2D eigenvalue weighted by Crippen LogP contribution is 2.32. The van der Waals surface area contributed by atoms with Crippen molar-refractivity contribution in [2.24, 2.45) is 0 Å².